The number of nitrogens with one attached hydrogen (secondary N) is 1. The van der Waals surface area contributed by atoms with Crippen molar-refractivity contribution in [2.75, 3.05) is 25.0 Å². The van der Waals surface area contributed by atoms with Crippen molar-refractivity contribution in [2.45, 2.75) is 46.2 Å². The van der Waals surface area contributed by atoms with E-state index in [1.54, 1.807) is 13.0 Å². The zero-order valence-electron chi connectivity index (χ0n) is 20.1. The first-order valence-electron chi connectivity index (χ1n) is 11.8. The molecule has 1 heterocycles. The fraction of sp³-hybridized carbons (Fsp3) is 0.385. The number of esters is 1. The van der Waals surface area contributed by atoms with Crippen LogP contribution in [0.5, 0.6) is 0 Å². The number of nitrogens with two attached hydrogens (primary N) is 1. The Morgan fingerprint density at radius 3 is 2.50 bits per heavy atom. The Hall–Kier alpha value is -3.68. The van der Waals surface area contributed by atoms with Crippen molar-refractivity contribution in [3.63, 3.8) is 0 Å². The zero-order valence-corrected chi connectivity index (χ0v) is 20.1. The van der Waals surface area contributed by atoms with Gasteiger partial charge in [0.25, 0.3) is 0 Å². The molecule has 1 aliphatic heterocycles. The van der Waals surface area contributed by atoms with Gasteiger partial charge in [0.15, 0.2) is 0 Å². The van der Waals surface area contributed by atoms with Crippen LogP contribution in [0.4, 0.5) is 5.69 Å². The minimum atomic E-state index is -0.465. The summed E-state index contributed by atoms with van der Waals surface area (Å²) in [5, 5.41) is 10.9. The fourth-order valence-electron chi connectivity index (χ4n) is 4.07. The van der Waals surface area contributed by atoms with Gasteiger partial charge in [-0.05, 0) is 60.7 Å². The average Bonchev–Trinajstić information content (AvgIpc) is 3.02. The van der Waals surface area contributed by atoms with Crippen LogP contribution in [0, 0.1) is 0 Å². The third kappa shape index (κ3) is 6.01. The predicted octanol–water partition coefficient (Wildman–Crippen LogP) is 5.03. The van der Waals surface area contributed by atoms with E-state index in [0.717, 1.165) is 35.2 Å². The summed E-state index contributed by atoms with van der Waals surface area (Å²) in [6.07, 6.45) is 3.63. The Morgan fingerprint density at radius 2 is 1.82 bits per heavy atom. The Labute approximate surface area is 200 Å². The number of ether oxygens (including phenoxy) is 1. The van der Waals surface area contributed by atoms with Crippen molar-refractivity contribution in [2.24, 2.45) is 16.2 Å². The number of hydrogen-bond donors (Lipinski definition) is 2. The molecule has 3 rings (SSSR count). The molecule has 8 heteroatoms. The summed E-state index contributed by atoms with van der Waals surface area (Å²) in [4.78, 5) is 27.4. The lowest BCUT2D eigenvalue weighted by atomic mass is 9.99. The topological polar surface area (TPSA) is 109 Å². The van der Waals surface area contributed by atoms with Crippen molar-refractivity contribution < 1.29 is 14.3 Å². The number of rotatable bonds is 9. The van der Waals surface area contributed by atoms with Gasteiger partial charge < -0.3 is 20.8 Å². The number of nitrogens with zero attached hydrogens (tertiary/aromatic N) is 3. The highest BCUT2D eigenvalue weighted by molar-refractivity contribution is 5.99. The molecule has 0 radical (unpaired) electrons. The third-order valence-corrected chi connectivity index (χ3v) is 5.58. The van der Waals surface area contributed by atoms with Crippen LogP contribution >= 0.6 is 0 Å². The number of anilines is 1. The molecule has 1 amide bonds. The van der Waals surface area contributed by atoms with Gasteiger partial charge in [0, 0.05) is 30.8 Å². The lowest BCUT2D eigenvalue weighted by Crippen LogP contribution is -2.34. The van der Waals surface area contributed by atoms with Gasteiger partial charge >= 0.3 is 5.97 Å². The summed E-state index contributed by atoms with van der Waals surface area (Å²) in [6, 6.07) is 13.2. The van der Waals surface area contributed by atoms with Gasteiger partial charge in [0.1, 0.15) is 6.17 Å². The van der Waals surface area contributed by atoms with Crippen LogP contribution in [0.1, 0.15) is 56.0 Å². The van der Waals surface area contributed by atoms with E-state index in [1.165, 1.54) is 0 Å². The summed E-state index contributed by atoms with van der Waals surface area (Å²) in [5.41, 5.74) is 4.67. The van der Waals surface area contributed by atoms with Gasteiger partial charge in [0.05, 0.1) is 12.2 Å². The molecule has 2 aromatic rings. The first-order valence-corrected chi connectivity index (χ1v) is 11.8. The summed E-state index contributed by atoms with van der Waals surface area (Å²) >= 11 is 0. The van der Waals surface area contributed by atoms with E-state index in [2.05, 4.69) is 29.5 Å². The fourth-order valence-corrected chi connectivity index (χ4v) is 4.07. The summed E-state index contributed by atoms with van der Waals surface area (Å²) in [6.45, 7) is 7.66. The van der Waals surface area contributed by atoms with Crippen LogP contribution < -0.4 is 11.2 Å². The van der Waals surface area contributed by atoms with Gasteiger partial charge in [0.2, 0.25) is 5.91 Å². The molecule has 3 N–H and O–H groups in total. The van der Waals surface area contributed by atoms with E-state index in [9.17, 15) is 9.59 Å². The minimum absolute atomic E-state index is 0.0155. The normalized spacial score (nSPS) is 15.1. The van der Waals surface area contributed by atoms with Gasteiger partial charge in [-0.25, -0.2) is 4.79 Å². The monoisotopic (exact) mass is 463 g/mol. The lowest BCUT2D eigenvalue weighted by molar-refractivity contribution is -0.127. The minimum Gasteiger partial charge on any atom is -0.462 e. The van der Waals surface area contributed by atoms with Crippen molar-refractivity contribution >= 4 is 23.6 Å². The number of hydrogen-bond acceptors (Lipinski definition) is 6. The van der Waals surface area contributed by atoms with Gasteiger partial charge in [-0.2, -0.15) is 0 Å². The van der Waals surface area contributed by atoms with E-state index in [1.807, 2.05) is 47.4 Å². The maximum Gasteiger partial charge on any atom is 0.338 e. The maximum absolute atomic E-state index is 13.3. The largest absolute Gasteiger partial charge is 0.462 e. The number of carbonyl (C=O) groups excluding carboxylic acids is 2. The summed E-state index contributed by atoms with van der Waals surface area (Å²) < 4.78 is 5.13. The Kier molecular flexibility index (Phi) is 8.79. The van der Waals surface area contributed by atoms with Gasteiger partial charge in [-0.1, -0.05) is 43.3 Å². The van der Waals surface area contributed by atoms with E-state index in [0.29, 0.717) is 37.3 Å². The smallest absolute Gasteiger partial charge is 0.338 e. The second-order valence-corrected chi connectivity index (χ2v) is 8.16. The van der Waals surface area contributed by atoms with Crippen LogP contribution in [-0.2, 0) is 9.53 Å². The van der Waals surface area contributed by atoms with Crippen molar-refractivity contribution in [3.05, 3.63) is 59.2 Å². The van der Waals surface area contributed by atoms with Gasteiger partial charge in [-0.15, -0.1) is 5.11 Å². The van der Waals surface area contributed by atoms with Crippen molar-refractivity contribution in [3.8, 4) is 11.1 Å². The van der Waals surface area contributed by atoms with Crippen molar-refractivity contribution in [1.82, 2.24) is 4.90 Å². The predicted molar refractivity (Wildman–Crippen MR) is 134 cm³/mol. The number of amides is 1. The summed E-state index contributed by atoms with van der Waals surface area (Å²) in [5.74, 6) is 5.02. The highest BCUT2D eigenvalue weighted by Gasteiger charge is 2.24. The SMILES string of the molecule is CCCN(CCC)C(=O)C1=Cc2ccc(-c3cccc(C(=O)OCC)c3)cc2NC(N=NN)C1. The molecule has 2 aromatic carbocycles. The molecule has 8 nitrogen and oxygen atoms in total. The van der Waals surface area contributed by atoms with Crippen molar-refractivity contribution in [1.29, 1.82) is 0 Å². The molecule has 0 bridgehead atoms. The first-order chi connectivity index (χ1) is 16.5. The van der Waals surface area contributed by atoms with E-state index in [4.69, 9.17) is 10.6 Å². The molecule has 1 aliphatic rings. The molecule has 34 heavy (non-hydrogen) atoms. The molecule has 0 saturated carbocycles. The Balaban J connectivity index is 1.99. The first kappa shape index (κ1) is 25.0. The Morgan fingerprint density at radius 1 is 1.09 bits per heavy atom. The van der Waals surface area contributed by atoms with E-state index < -0.39 is 6.17 Å². The molecule has 0 saturated heterocycles. The third-order valence-electron chi connectivity index (χ3n) is 5.58. The summed E-state index contributed by atoms with van der Waals surface area (Å²) in [7, 11) is 0. The van der Waals surface area contributed by atoms with Crippen LogP contribution in [0.15, 0.2) is 58.4 Å². The molecule has 0 spiro atoms. The highest BCUT2D eigenvalue weighted by atomic mass is 16.5. The van der Waals surface area contributed by atoms with Gasteiger partial charge in [-0.3, -0.25) is 4.79 Å². The standard InChI is InChI=1S/C26H33N5O3/c1-4-12-31(13-5-2)25(32)22-15-20-11-10-19(16-23(20)28-24(17-22)29-30-27)18-8-7-9-21(14-18)26(33)34-6-3/h7-11,14-16,24,28H,4-6,12-13,17H2,1-3H3,(H2,27,29). The van der Waals surface area contributed by atoms with Crippen LogP contribution in [-0.4, -0.2) is 42.6 Å². The zero-order chi connectivity index (χ0) is 24.5. The lowest BCUT2D eigenvalue weighted by Gasteiger charge is -2.23. The molecular weight excluding hydrogens is 430 g/mol. The van der Waals surface area contributed by atoms with E-state index >= 15 is 0 Å². The molecular formula is C26H33N5O3. The highest BCUT2D eigenvalue weighted by Crippen LogP contribution is 2.32. The van der Waals surface area contributed by atoms with Crippen LogP contribution in [0.25, 0.3) is 17.2 Å². The molecule has 1 atom stereocenters. The second kappa shape index (κ2) is 12.0. The number of benzene rings is 2. The van der Waals surface area contributed by atoms with Crippen LogP contribution in [0.2, 0.25) is 0 Å². The maximum atomic E-state index is 13.3. The Bertz CT molecular complexity index is 1070. The number of carbonyl (C=O) groups is 2. The quantitative estimate of drug-likeness (QED) is 0.235. The molecule has 0 fully saturated rings. The second-order valence-electron chi connectivity index (χ2n) is 8.16. The molecule has 0 aliphatic carbocycles. The average molecular weight is 464 g/mol. The number of fused-ring (bicyclic) bond motifs is 1. The van der Waals surface area contributed by atoms with E-state index in [-0.39, 0.29) is 11.9 Å². The van der Waals surface area contributed by atoms with Crippen LogP contribution in [0.3, 0.4) is 0 Å². The molecule has 1 unspecified atom stereocenters. The molecule has 0 aromatic heterocycles. The molecule has 180 valence electrons.